The van der Waals surface area contributed by atoms with Crippen LogP contribution in [0, 0.1) is 17.8 Å². The van der Waals surface area contributed by atoms with Crippen LogP contribution in [-0.4, -0.2) is 93.0 Å². The fourth-order valence-electron chi connectivity index (χ4n) is 6.24. The van der Waals surface area contributed by atoms with E-state index in [4.69, 9.17) is 5.14 Å². The maximum Gasteiger partial charge on any atom is 0.226 e. The average Bonchev–Trinajstić information content (AvgIpc) is 2.91. The standard InChI is InChI=1S/C28H55N5O7S2/c1-6-13-33(14-7-2)28(36)23-16-22(17-24(18-23)41(29,37)38)27(35)30-25(15-21-11-9-8-10-12-21)26(34)19-32(5)31-42(39,40)20(3)4/h20-26,31,34H,6-19H2,1-5H3,(H,30,35)(H2,29,37,38). The van der Waals surface area contributed by atoms with Crippen molar-refractivity contribution in [1.82, 2.24) is 20.1 Å². The molecule has 2 aliphatic rings. The van der Waals surface area contributed by atoms with Crippen molar-refractivity contribution in [2.75, 3.05) is 26.7 Å². The van der Waals surface area contributed by atoms with Crippen molar-refractivity contribution in [3.8, 4) is 0 Å². The maximum atomic E-state index is 13.7. The molecule has 0 spiro atoms. The minimum absolute atomic E-state index is 0.0103. The Morgan fingerprint density at radius 3 is 2.05 bits per heavy atom. The van der Waals surface area contributed by atoms with Gasteiger partial charge in [0.25, 0.3) is 0 Å². The number of primary sulfonamides is 1. The fraction of sp³-hybridized carbons (Fsp3) is 0.929. The Labute approximate surface area is 253 Å². The van der Waals surface area contributed by atoms with Crippen LogP contribution in [0.15, 0.2) is 0 Å². The highest BCUT2D eigenvalue weighted by molar-refractivity contribution is 7.90. The molecule has 5 atom stereocenters. The maximum absolute atomic E-state index is 13.7. The summed E-state index contributed by atoms with van der Waals surface area (Å²) in [5.41, 5.74) is 0. The van der Waals surface area contributed by atoms with Gasteiger partial charge in [0.1, 0.15) is 0 Å². The van der Waals surface area contributed by atoms with Gasteiger partial charge in [0, 0.05) is 38.5 Å². The number of aliphatic hydroxyl groups is 1. The molecule has 0 aromatic carbocycles. The van der Waals surface area contributed by atoms with E-state index in [1.54, 1.807) is 18.7 Å². The van der Waals surface area contributed by atoms with E-state index in [9.17, 15) is 31.5 Å². The minimum atomic E-state index is -3.99. The van der Waals surface area contributed by atoms with Crippen LogP contribution in [0.1, 0.15) is 98.3 Å². The number of hydrogen-bond acceptors (Lipinski definition) is 8. The largest absolute Gasteiger partial charge is 0.390 e. The Kier molecular flexibility index (Phi) is 14.6. The first-order valence-electron chi connectivity index (χ1n) is 15.6. The van der Waals surface area contributed by atoms with E-state index >= 15 is 0 Å². The highest BCUT2D eigenvalue weighted by atomic mass is 32.2. The van der Waals surface area contributed by atoms with Gasteiger partial charge in [0.15, 0.2) is 0 Å². The molecule has 42 heavy (non-hydrogen) atoms. The molecule has 14 heteroatoms. The molecule has 2 saturated carbocycles. The van der Waals surface area contributed by atoms with Gasteiger partial charge in [0.05, 0.1) is 22.6 Å². The third kappa shape index (κ3) is 11.3. The summed E-state index contributed by atoms with van der Waals surface area (Å²) in [6, 6.07) is -0.674. The topological polar surface area (TPSA) is 179 Å². The van der Waals surface area contributed by atoms with Gasteiger partial charge in [0.2, 0.25) is 31.9 Å². The Hall–Kier alpha value is -1.32. The van der Waals surface area contributed by atoms with Gasteiger partial charge in [-0.05, 0) is 58.3 Å². The van der Waals surface area contributed by atoms with Gasteiger partial charge in [-0.25, -0.2) is 27.0 Å². The van der Waals surface area contributed by atoms with E-state index < -0.39 is 60.4 Å². The first-order valence-corrected chi connectivity index (χ1v) is 18.8. The van der Waals surface area contributed by atoms with Crippen molar-refractivity contribution in [2.45, 2.75) is 121 Å². The van der Waals surface area contributed by atoms with Crippen LogP contribution in [0.2, 0.25) is 0 Å². The van der Waals surface area contributed by atoms with Crippen LogP contribution in [0.4, 0.5) is 0 Å². The lowest BCUT2D eigenvalue weighted by Gasteiger charge is -2.37. The normalized spacial score (nSPS) is 24.0. The third-order valence-corrected chi connectivity index (χ3v) is 11.7. The molecule has 246 valence electrons. The van der Waals surface area contributed by atoms with Crippen LogP contribution in [-0.2, 0) is 29.6 Å². The minimum Gasteiger partial charge on any atom is -0.390 e. The van der Waals surface area contributed by atoms with Gasteiger partial charge in [-0.1, -0.05) is 46.0 Å². The Bertz CT molecular complexity index is 1070. The molecule has 12 nitrogen and oxygen atoms in total. The number of aliphatic hydroxyl groups excluding tert-OH is 1. The Morgan fingerprint density at radius 2 is 1.52 bits per heavy atom. The highest BCUT2D eigenvalue weighted by Crippen LogP contribution is 2.35. The molecule has 2 aliphatic carbocycles. The molecule has 0 bridgehead atoms. The number of nitrogens with one attached hydrogen (secondary N) is 2. The van der Waals surface area contributed by atoms with E-state index in [0.29, 0.717) is 25.4 Å². The number of nitrogens with zero attached hydrogens (tertiary/aromatic N) is 2. The Balaban J connectivity index is 2.25. The molecule has 0 aromatic rings. The van der Waals surface area contributed by atoms with Crippen LogP contribution in [0.5, 0.6) is 0 Å². The molecule has 2 amide bonds. The first-order chi connectivity index (χ1) is 19.6. The molecule has 0 aromatic heterocycles. The number of likely N-dealkylation sites (N-methyl/N-ethyl adjacent to an activating group) is 1. The summed E-state index contributed by atoms with van der Waals surface area (Å²) < 4.78 is 49.5. The quantitative estimate of drug-likeness (QED) is 0.185. The summed E-state index contributed by atoms with van der Waals surface area (Å²) in [5.74, 6) is -1.67. The van der Waals surface area contributed by atoms with Crippen molar-refractivity contribution in [3.63, 3.8) is 0 Å². The van der Waals surface area contributed by atoms with Crippen molar-refractivity contribution in [2.24, 2.45) is 22.9 Å². The number of hydrogen-bond donors (Lipinski definition) is 4. The third-order valence-electron chi connectivity index (χ3n) is 8.62. The number of sulfonamides is 2. The molecular weight excluding hydrogens is 582 g/mol. The van der Waals surface area contributed by atoms with Gasteiger partial charge in [-0.15, -0.1) is 4.83 Å². The summed E-state index contributed by atoms with van der Waals surface area (Å²) in [4.78, 5) is 31.4. The van der Waals surface area contributed by atoms with E-state index in [0.717, 1.165) is 44.9 Å². The lowest BCUT2D eigenvalue weighted by Crippen LogP contribution is -2.54. The van der Waals surface area contributed by atoms with Crippen molar-refractivity contribution in [1.29, 1.82) is 0 Å². The summed E-state index contributed by atoms with van der Waals surface area (Å²) >= 11 is 0. The molecule has 0 heterocycles. The molecule has 2 rings (SSSR count). The number of rotatable bonds is 16. The summed E-state index contributed by atoms with van der Waals surface area (Å²) in [6.45, 7) is 8.12. The number of amides is 2. The highest BCUT2D eigenvalue weighted by Gasteiger charge is 2.42. The van der Waals surface area contributed by atoms with Crippen molar-refractivity contribution in [3.05, 3.63) is 0 Å². The number of nitrogens with two attached hydrogens (primary N) is 1. The zero-order chi connectivity index (χ0) is 31.7. The molecule has 5 unspecified atom stereocenters. The Morgan fingerprint density at radius 1 is 0.952 bits per heavy atom. The van der Waals surface area contributed by atoms with Crippen LogP contribution < -0.4 is 15.3 Å². The predicted molar refractivity (Wildman–Crippen MR) is 164 cm³/mol. The monoisotopic (exact) mass is 637 g/mol. The number of hydrazine groups is 1. The molecule has 0 saturated heterocycles. The summed E-state index contributed by atoms with van der Waals surface area (Å²) in [7, 11) is -6.08. The summed E-state index contributed by atoms with van der Waals surface area (Å²) in [5, 5.41) is 19.4. The smallest absolute Gasteiger partial charge is 0.226 e. The second-order valence-electron chi connectivity index (χ2n) is 12.6. The lowest BCUT2D eigenvalue weighted by atomic mass is 9.79. The zero-order valence-corrected chi connectivity index (χ0v) is 27.8. The van der Waals surface area contributed by atoms with Gasteiger partial charge in [-0.3, -0.25) is 9.59 Å². The number of carbonyl (C=O) groups is 2. The van der Waals surface area contributed by atoms with Crippen LogP contribution in [0.25, 0.3) is 0 Å². The predicted octanol–water partition coefficient (Wildman–Crippen LogP) is 1.70. The second kappa shape index (κ2) is 16.7. The second-order valence-corrected chi connectivity index (χ2v) is 16.7. The molecule has 0 aliphatic heterocycles. The molecule has 0 radical (unpaired) electrons. The SMILES string of the molecule is CCCN(CCC)C(=O)C1CC(C(=O)NC(CC2CCCCC2)C(O)CN(C)NS(=O)(=O)C(C)C)CC(S(N)(=O)=O)C1. The van der Waals surface area contributed by atoms with Gasteiger partial charge < -0.3 is 15.3 Å². The number of carbonyl (C=O) groups excluding carboxylic acids is 2. The van der Waals surface area contributed by atoms with E-state index in [2.05, 4.69) is 10.1 Å². The van der Waals surface area contributed by atoms with Crippen LogP contribution in [0.3, 0.4) is 0 Å². The van der Waals surface area contributed by atoms with E-state index in [1.165, 1.54) is 12.1 Å². The van der Waals surface area contributed by atoms with Crippen molar-refractivity contribution < 1.29 is 31.5 Å². The first kappa shape index (κ1) is 36.9. The zero-order valence-electron chi connectivity index (χ0n) is 26.1. The average molecular weight is 638 g/mol. The summed E-state index contributed by atoms with van der Waals surface area (Å²) in [6.07, 6.45) is 6.52. The van der Waals surface area contributed by atoms with E-state index in [1.807, 2.05) is 13.8 Å². The van der Waals surface area contributed by atoms with Crippen LogP contribution >= 0.6 is 0 Å². The molecular formula is C28H55N5O7S2. The van der Waals surface area contributed by atoms with Crippen molar-refractivity contribution >= 4 is 31.9 Å². The lowest BCUT2D eigenvalue weighted by molar-refractivity contribution is -0.138. The molecule has 5 N–H and O–H groups in total. The van der Waals surface area contributed by atoms with Gasteiger partial charge in [-0.2, -0.15) is 0 Å². The van der Waals surface area contributed by atoms with Gasteiger partial charge >= 0.3 is 0 Å². The fourth-order valence-corrected chi connectivity index (χ4v) is 7.96. The van der Waals surface area contributed by atoms with E-state index in [-0.39, 0.29) is 31.7 Å². The molecule has 2 fully saturated rings.